The fourth-order valence-electron chi connectivity index (χ4n) is 1.86. The lowest BCUT2D eigenvalue weighted by Gasteiger charge is -2.24. The maximum atomic E-state index is 12.2. The van der Waals surface area contributed by atoms with Gasteiger partial charge in [0.05, 0.1) is 11.8 Å². The van der Waals surface area contributed by atoms with Crippen LogP contribution in [0.2, 0.25) is 0 Å². The minimum atomic E-state index is -0.784. The molecule has 0 unspecified atom stereocenters. The topological polar surface area (TPSA) is 70.7 Å². The van der Waals surface area contributed by atoms with Crippen molar-refractivity contribution in [3.05, 3.63) is 17.5 Å². The highest BCUT2D eigenvalue weighted by molar-refractivity contribution is 5.93. The third-order valence-electron chi connectivity index (χ3n) is 3.21. The average molecular weight is 248 g/mol. The molecule has 1 aromatic rings. The van der Waals surface area contributed by atoms with Crippen molar-refractivity contribution >= 4 is 5.91 Å². The normalized spacial score (nSPS) is 11.1. The highest BCUT2D eigenvalue weighted by atomic mass is 16.2. The van der Waals surface area contributed by atoms with Crippen LogP contribution in [0, 0.1) is 18.3 Å². The molecule has 0 radical (unpaired) electrons. The smallest absolute Gasteiger partial charge is 0.270 e. The number of aryl methyl sites for hydroxylation is 2. The second-order valence-corrected chi connectivity index (χ2v) is 4.34. The molecule has 5 nitrogen and oxygen atoms in total. The van der Waals surface area contributed by atoms with Crippen molar-refractivity contribution in [2.24, 2.45) is 0 Å². The summed E-state index contributed by atoms with van der Waals surface area (Å²) >= 11 is 0. The maximum absolute atomic E-state index is 12.2. The van der Waals surface area contributed by atoms with Gasteiger partial charge in [0.1, 0.15) is 11.2 Å². The van der Waals surface area contributed by atoms with Gasteiger partial charge in [-0.1, -0.05) is 13.8 Å². The van der Waals surface area contributed by atoms with Crippen molar-refractivity contribution in [1.29, 1.82) is 5.26 Å². The number of hydrogen-bond donors (Lipinski definition) is 1. The minimum Gasteiger partial charge on any atom is -0.332 e. The van der Waals surface area contributed by atoms with Crippen molar-refractivity contribution in [2.75, 3.05) is 0 Å². The molecule has 0 aliphatic carbocycles. The van der Waals surface area contributed by atoms with E-state index >= 15 is 0 Å². The summed E-state index contributed by atoms with van der Waals surface area (Å²) in [6.07, 6.45) is 1.18. The molecule has 18 heavy (non-hydrogen) atoms. The molecule has 0 saturated carbocycles. The number of nitrogens with zero attached hydrogens (tertiary/aromatic N) is 3. The van der Waals surface area contributed by atoms with Crippen LogP contribution in [0.15, 0.2) is 6.07 Å². The van der Waals surface area contributed by atoms with Crippen LogP contribution in [-0.4, -0.2) is 21.2 Å². The Kier molecular flexibility index (Phi) is 4.49. The number of nitriles is 1. The summed E-state index contributed by atoms with van der Waals surface area (Å²) in [6, 6.07) is 3.94. The molecular weight excluding hydrogens is 228 g/mol. The predicted octanol–water partition coefficient (Wildman–Crippen LogP) is 2.02. The zero-order valence-electron chi connectivity index (χ0n) is 11.4. The summed E-state index contributed by atoms with van der Waals surface area (Å²) in [5.74, 6) is -0.234. The Morgan fingerprint density at radius 1 is 1.50 bits per heavy atom. The lowest BCUT2D eigenvalue weighted by atomic mass is 9.94. The lowest BCUT2D eigenvalue weighted by molar-refractivity contribution is 0.0904. The molecule has 0 bridgehead atoms. The SMILES string of the molecule is CCn1nc(C)cc1C(=O)NC(C#N)(CC)CC. The van der Waals surface area contributed by atoms with Gasteiger partial charge in [0.15, 0.2) is 0 Å². The van der Waals surface area contributed by atoms with Crippen LogP contribution in [-0.2, 0) is 6.54 Å². The van der Waals surface area contributed by atoms with E-state index in [4.69, 9.17) is 0 Å². The Morgan fingerprint density at radius 2 is 2.11 bits per heavy atom. The standard InChI is InChI=1S/C13H20N4O/c1-5-13(6-2,9-14)15-12(18)11-8-10(4)16-17(11)7-3/h8H,5-7H2,1-4H3,(H,15,18). The van der Waals surface area contributed by atoms with Gasteiger partial charge in [-0.15, -0.1) is 0 Å². The van der Waals surface area contributed by atoms with E-state index in [-0.39, 0.29) is 5.91 Å². The first kappa shape index (κ1) is 14.2. The van der Waals surface area contributed by atoms with E-state index in [1.165, 1.54) is 0 Å². The Bertz CT molecular complexity index is 466. The first-order valence-corrected chi connectivity index (χ1v) is 6.30. The molecule has 1 N–H and O–H groups in total. The van der Waals surface area contributed by atoms with Crippen LogP contribution in [0.25, 0.3) is 0 Å². The second-order valence-electron chi connectivity index (χ2n) is 4.34. The van der Waals surface area contributed by atoms with Crippen molar-refractivity contribution in [3.63, 3.8) is 0 Å². The molecular formula is C13H20N4O. The van der Waals surface area contributed by atoms with Crippen LogP contribution >= 0.6 is 0 Å². The minimum absolute atomic E-state index is 0.234. The van der Waals surface area contributed by atoms with E-state index < -0.39 is 5.54 Å². The van der Waals surface area contributed by atoms with Gasteiger partial charge in [0.2, 0.25) is 0 Å². The lowest BCUT2D eigenvalue weighted by Crippen LogP contribution is -2.47. The van der Waals surface area contributed by atoms with Gasteiger partial charge in [0.25, 0.3) is 5.91 Å². The van der Waals surface area contributed by atoms with Gasteiger partial charge < -0.3 is 5.32 Å². The number of amides is 1. The maximum Gasteiger partial charge on any atom is 0.270 e. The number of aromatic nitrogens is 2. The molecule has 1 heterocycles. The predicted molar refractivity (Wildman–Crippen MR) is 69.0 cm³/mol. The molecule has 0 aromatic carbocycles. The molecule has 1 rings (SSSR count). The van der Waals surface area contributed by atoms with Crippen molar-refractivity contribution < 1.29 is 4.79 Å². The Balaban J connectivity index is 2.98. The largest absolute Gasteiger partial charge is 0.332 e. The highest BCUT2D eigenvalue weighted by Crippen LogP contribution is 2.15. The molecule has 5 heteroatoms. The van der Waals surface area contributed by atoms with Gasteiger partial charge >= 0.3 is 0 Å². The summed E-state index contributed by atoms with van der Waals surface area (Å²) in [5, 5.41) is 16.3. The summed E-state index contributed by atoms with van der Waals surface area (Å²) in [4.78, 5) is 12.2. The number of nitrogens with one attached hydrogen (secondary N) is 1. The zero-order chi connectivity index (χ0) is 13.8. The molecule has 0 aliphatic heterocycles. The van der Waals surface area contributed by atoms with E-state index in [0.717, 1.165) is 5.69 Å². The number of carbonyl (C=O) groups is 1. The van der Waals surface area contributed by atoms with E-state index in [9.17, 15) is 10.1 Å². The van der Waals surface area contributed by atoms with E-state index in [1.54, 1.807) is 10.7 Å². The number of rotatable bonds is 5. The monoisotopic (exact) mass is 248 g/mol. The van der Waals surface area contributed by atoms with Gasteiger partial charge in [-0.25, -0.2) is 0 Å². The van der Waals surface area contributed by atoms with Crippen LogP contribution < -0.4 is 5.32 Å². The molecule has 98 valence electrons. The molecule has 0 saturated heterocycles. The zero-order valence-corrected chi connectivity index (χ0v) is 11.4. The Labute approximate surface area is 108 Å². The average Bonchev–Trinajstić information content (AvgIpc) is 2.77. The van der Waals surface area contributed by atoms with Crippen LogP contribution in [0.5, 0.6) is 0 Å². The fourth-order valence-corrected chi connectivity index (χ4v) is 1.86. The Morgan fingerprint density at radius 3 is 2.56 bits per heavy atom. The van der Waals surface area contributed by atoms with Crippen LogP contribution in [0.1, 0.15) is 49.8 Å². The Hall–Kier alpha value is -1.83. The number of hydrogen-bond acceptors (Lipinski definition) is 3. The molecule has 1 aromatic heterocycles. The van der Waals surface area contributed by atoms with E-state index in [0.29, 0.717) is 25.1 Å². The third-order valence-corrected chi connectivity index (χ3v) is 3.21. The van der Waals surface area contributed by atoms with Gasteiger partial charge in [0, 0.05) is 6.54 Å². The van der Waals surface area contributed by atoms with Crippen molar-refractivity contribution in [2.45, 2.75) is 52.6 Å². The first-order chi connectivity index (χ1) is 8.51. The molecule has 0 atom stereocenters. The molecule has 1 amide bonds. The summed E-state index contributed by atoms with van der Waals surface area (Å²) in [7, 11) is 0. The molecule has 0 spiro atoms. The third kappa shape index (κ3) is 2.70. The first-order valence-electron chi connectivity index (χ1n) is 6.30. The van der Waals surface area contributed by atoms with Crippen LogP contribution in [0.3, 0.4) is 0 Å². The molecule has 0 aliphatic rings. The quantitative estimate of drug-likeness (QED) is 0.866. The van der Waals surface area contributed by atoms with Gasteiger partial charge in [-0.3, -0.25) is 9.48 Å². The van der Waals surface area contributed by atoms with Gasteiger partial charge in [-0.05, 0) is 32.8 Å². The highest BCUT2D eigenvalue weighted by Gasteiger charge is 2.29. The van der Waals surface area contributed by atoms with E-state index in [1.807, 2.05) is 27.7 Å². The van der Waals surface area contributed by atoms with Crippen molar-refractivity contribution in [1.82, 2.24) is 15.1 Å². The summed E-state index contributed by atoms with van der Waals surface area (Å²) < 4.78 is 1.65. The van der Waals surface area contributed by atoms with Crippen molar-refractivity contribution in [3.8, 4) is 6.07 Å². The fraction of sp³-hybridized carbons (Fsp3) is 0.615. The molecule has 0 fully saturated rings. The van der Waals surface area contributed by atoms with Gasteiger partial charge in [-0.2, -0.15) is 10.4 Å². The summed E-state index contributed by atoms with van der Waals surface area (Å²) in [6.45, 7) is 8.21. The number of carbonyl (C=O) groups excluding carboxylic acids is 1. The second kappa shape index (κ2) is 5.67. The van der Waals surface area contributed by atoms with Crippen LogP contribution in [0.4, 0.5) is 0 Å². The van der Waals surface area contributed by atoms with E-state index in [2.05, 4.69) is 16.5 Å². The summed E-state index contributed by atoms with van der Waals surface area (Å²) in [5.41, 5.74) is 0.530.